The predicted molar refractivity (Wildman–Crippen MR) is 117 cm³/mol. The van der Waals surface area contributed by atoms with Crippen LogP contribution in [0.5, 0.6) is 5.75 Å². The molecule has 0 unspecified atom stereocenters. The number of hydrogen-bond donors (Lipinski definition) is 1. The molecule has 0 saturated heterocycles. The summed E-state index contributed by atoms with van der Waals surface area (Å²) in [7, 11) is 0. The maximum Gasteiger partial charge on any atom is 0.138 e. The Morgan fingerprint density at radius 2 is 1.89 bits per heavy atom. The van der Waals surface area contributed by atoms with Crippen LogP contribution in [0.3, 0.4) is 0 Å². The second-order valence-corrected chi connectivity index (χ2v) is 8.06. The summed E-state index contributed by atoms with van der Waals surface area (Å²) in [6.45, 7) is 2.44. The van der Waals surface area contributed by atoms with Crippen LogP contribution < -0.4 is 10.1 Å². The summed E-state index contributed by atoms with van der Waals surface area (Å²) in [6, 6.07) is 18.7. The summed E-state index contributed by atoms with van der Waals surface area (Å²) >= 11 is 6.16. The molecule has 3 aromatic rings. The van der Waals surface area contributed by atoms with Gasteiger partial charge in [0.2, 0.25) is 0 Å². The van der Waals surface area contributed by atoms with E-state index in [-0.39, 0.29) is 0 Å². The minimum atomic E-state index is 0.663. The Bertz CT molecular complexity index is 1040. The van der Waals surface area contributed by atoms with Gasteiger partial charge in [-0.1, -0.05) is 54.4 Å². The lowest BCUT2D eigenvalue weighted by molar-refractivity contribution is 0.181. The minimum Gasteiger partial charge on any atom is -0.492 e. The van der Waals surface area contributed by atoms with E-state index in [4.69, 9.17) is 16.3 Å². The number of nitrogens with zero attached hydrogens (tertiary/aromatic N) is 1. The molecule has 1 aliphatic heterocycles. The van der Waals surface area contributed by atoms with Gasteiger partial charge >= 0.3 is 0 Å². The van der Waals surface area contributed by atoms with Crippen molar-refractivity contribution in [1.82, 2.24) is 5.32 Å². The number of hydrogen-bond acceptors (Lipinski definition) is 3. The Kier molecular flexibility index (Phi) is 4.69. The molecule has 142 valence electrons. The van der Waals surface area contributed by atoms with Crippen LogP contribution in [0, 0.1) is 5.92 Å². The van der Waals surface area contributed by atoms with Crippen molar-refractivity contribution in [3.63, 3.8) is 0 Å². The van der Waals surface area contributed by atoms with Crippen molar-refractivity contribution in [3.8, 4) is 16.9 Å². The van der Waals surface area contributed by atoms with Crippen LogP contribution >= 0.6 is 11.6 Å². The molecule has 0 aromatic heterocycles. The van der Waals surface area contributed by atoms with Crippen LogP contribution in [0.4, 0.5) is 0 Å². The van der Waals surface area contributed by atoms with Gasteiger partial charge in [-0.25, -0.2) is 0 Å². The zero-order valence-electron chi connectivity index (χ0n) is 15.7. The molecule has 4 heteroatoms. The van der Waals surface area contributed by atoms with Crippen molar-refractivity contribution < 1.29 is 4.74 Å². The number of aliphatic imine (C=N–C) groups is 1. The van der Waals surface area contributed by atoms with Crippen LogP contribution in [-0.2, 0) is 0 Å². The molecule has 1 N–H and O–H groups in total. The maximum atomic E-state index is 6.52. The molecule has 0 atom stereocenters. The van der Waals surface area contributed by atoms with Gasteiger partial charge in [-0.15, -0.1) is 0 Å². The average Bonchev–Trinajstić information content (AvgIpc) is 3.21. The summed E-state index contributed by atoms with van der Waals surface area (Å²) in [6.07, 6.45) is 3.84. The van der Waals surface area contributed by atoms with E-state index in [1.165, 1.54) is 30.0 Å². The molecular weight excluding hydrogens is 368 g/mol. The van der Waals surface area contributed by atoms with E-state index < -0.39 is 0 Å². The van der Waals surface area contributed by atoms with E-state index in [1.54, 1.807) is 0 Å². The molecule has 5 rings (SSSR count). The highest BCUT2D eigenvalue weighted by molar-refractivity contribution is 6.30. The monoisotopic (exact) mass is 390 g/mol. The van der Waals surface area contributed by atoms with E-state index in [1.807, 2.05) is 12.1 Å². The predicted octanol–water partition coefficient (Wildman–Crippen LogP) is 5.69. The molecule has 28 heavy (non-hydrogen) atoms. The molecule has 0 amide bonds. The minimum absolute atomic E-state index is 0.663. The van der Waals surface area contributed by atoms with Crippen LogP contribution in [0.1, 0.15) is 24.8 Å². The Balaban J connectivity index is 1.73. The van der Waals surface area contributed by atoms with E-state index in [9.17, 15) is 0 Å². The van der Waals surface area contributed by atoms with Gasteiger partial charge < -0.3 is 10.1 Å². The fraction of sp³-hybridized carbons (Fsp3) is 0.292. The zero-order chi connectivity index (χ0) is 18.9. The van der Waals surface area contributed by atoms with Gasteiger partial charge in [0, 0.05) is 17.1 Å². The summed E-state index contributed by atoms with van der Waals surface area (Å²) in [5.41, 5.74) is 3.30. The Hall–Kier alpha value is -2.52. The maximum absolute atomic E-state index is 6.52. The number of ether oxygens (including phenoxy) is 1. The normalized spacial score (nSPS) is 16.5. The number of amidine groups is 1. The van der Waals surface area contributed by atoms with E-state index in [0.717, 1.165) is 53.0 Å². The SMILES string of the molecule is Clc1ccc(-c2c(OCC3CCC3)c(C3=NCCN3)cc3ccccc23)cc1. The first-order chi connectivity index (χ1) is 13.8. The van der Waals surface area contributed by atoms with Gasteiger partial charge in [0.25, 0.3) is 0 Å². The highest BCUT2D eigenvalue weighted by atomic mass is 35.5. The van der Waals surface area contributed by atoms with Gasteiger partial charge in [0.15, 0.2) is 0 Å². The molecule has 0 spiro atoms. The first-order valence-corrected chi connectivity index (χ1v) is 10.4. The van der Waals surface area contributed by atoms with Crippen molar-refractivity contribution >= 4 is 28.2 Å². The first kappa shape index (κ1) is 17.6. The molecule has 3 nitrogen and oxygen atoms in total. The Labute approximate surface area is 170 Å². The second kappa shape index (κ2) is 7.48. The number of fused-ring (bicyclic) bond motifs is 1. The van der Waals surface area contributed by atoms with Gasteiger partial charge in [-0.3, -0.25) is 4.99 Å². The Morgan fingerprint density at radius 1 is 1.07 bits per heavy atom. The summed E-state index contributed by atoms with van der Waals surface area (Å²) in [4.78, 5) is 4.69. The summed E-state index contributed by atoms with van der Waals surface area (Å²) < 4.78 is 6.52. The molecule has 0 bridgehead atoms. The van der Waals surface area contributed by atoms with Gasteiger partial charge in [-0.2, -0.15) is 0 Å². The van der Waals surface area contributed by atoms with Gasteiger partial charge in [0.1, 0.15) is 11.6 Å². The molecule has 1 aliphatic carbocycles. The van der Waals surface area contributed by atoms with Crippen LogP contribution in [-0.4, -0.2) is 25.5 Å². The summed E-state index contributed by atoms with van der Waals surface area (Å²) in [5, 5.41) is 6.55. The van der Waals surface area contributed by atoms with E-state index >= 15 is 0 Å². The third kappa shape index (κ3) is 3.24. The second-order valence-electron chi connectivity index (χ2n) is 7.62. The number of halogens is 1. The molecule has 1 heterocycles. The topological polar surface area (TPSA) is 33.6 Å². The third-order valence-corrected chi connectivity index (χ3v) is 6.00. The third-order valence-electron chi connectivity index (χ3n) is 5.75. The zero-order valence-corrected chi connectivity index (χ0v) is 16.5. The molecular formula is C24H23ClN2O. The lowest BCUT2D eigenvalue weighted by Gasteiger charge is -2.27. The van der Waals surface area contributed by atoms with Crippen molar-refractivity contribution in [2.45, 2.75) is 19.3 Å². The lowest BCUT2D eigenvalue weighted by Crippen LogP contribution is -2.23. The Morgan fingerprint density at radius 3 is 2.61 bits per heavy atom. The van der Waals surface area contributed by atoms with Crippen molar-refractivity contribution in [2.24, 2.45) is 10.9 Å². The molecule has 0 radical (unpaired) electrons. The summed E-state index contributed by atoms with van der Waals surface area (Å²) in [5.74, 6) is 2.53. The van der Waals surface area contributed by atoms with Gasteiger partial charge in [-0.05, 0) is 53.3 Å². The van der Waals surface area contributed by atoms with Crippen LogP contribution in [0.15, 0.2) is 59.6 Å². The number of nitrogens with one attached hydrogen (secondary N) is 1. The van der Waals surface area contributed by atoms with Gasteiger partial charge in [0.05, 0.1) is 18.7 Å². The van der Waals surface area contributed by atoms with E-state index in [2.05, 4.69) is 52.8 Å². The van der Waals surface area contributed by atoms with Crippen molar-refractivity contribution in [2.75, 3.05) is 19.7 Å². The van der Waals surface area contributed by atoms with E-state index in [0.29, 0.717) is 5.92 Å². The highest BCUT2D eigenvalue weighted by Crippen LogP contribution is 2.41. The lowest BCUT2D eigenvalue weighted by atomic mass is 9.86. The first-order valence-electron chi connectivity index (χ1n) is 10.0. The number of benzene rings is 3. The molecule has 1 saturated carbocycles. The standard InChI is InChI=1S/C24H23ClN2O/c25-19-10-8-17(9-11-19)22-20-7-2-1-6-18(20)14-21(24-26-12-13-27-24)23(22)28-15-16-4-3-5-16/h1-2,6-11,14,16H,3-5,12-13,15H2,(H,26,27). The number of rotatable bonds is 5. The smallest absolute Gasteiger partial charge is 0.138 e. The molecule has 3 aromatic carbocycles. The van der Waals surface area contributed by atoms with Crippen LogP contribution in [0.2, 0.25) is 5.02 Å². The van der Waals surface area contributed by atoms with Crippen molar-refractivity contribution in [1.29, 1.82) is 0 Å². The average molecular weight is 391 g/mol. The largest absolute Gasteiger partial charge is 0.492 e. The molecule has 2 aliphatic rings. The fourth-order valence-corrected chi connectivity index (χ4v) is 4.12. The quantitative estimate of drug-likeness (QED) is 0.607. The van der Waals surface area contributed by atoms with Crippen LogP contribution in [0.25, 0.3) is 21.9 Å². The molecule has 1 fully saturated rings. The highest BCUT2D eigenvalue weighted by Gasteiger charge is 2.24. The van der Waals surface area contributed by atoms with Crippen molar-refractivity contribution in [3.05, 3.63) is 65.2 Å². The fourth-order valence-electron chi connectivity index (χ4n) is 4.00.